The maximum atomic E-state index is 12.2. The monoisotopic (exact) mass is 306 g/mol. The molecule has 120 valence electrons. The first kappa shape index (κ1) is 16.3. The summed E-state index contributed by atoms with van der Waals surface area (Å²) in [4.78, 5) is 22.7. The molecule has 0 aromatic heterocycles. The van der Waals surface area contributed by atoms with Gasteiger partial charge in [-0.15, -0.1) is 0 Å². The molecule has 1 N–H and O–H groups in total. The van der Waals surface area contributed by atoms with E-state index in [1.807, 2.05) is 0 Å². The number of hydrogen-bond donors (Lipinski definition) is 1. The molecule has 6 nitrogen and oxygen atoms in total. The standard InChI is InChI=1S/C16H22N2O4/c1-11-7-3-4-8-13(11)17-16(19)12(2)22-15-10-6-5-9-14(15)18(20)21/h5-6,9-13H,3-4,7-8H2,1-2H3,(H,17,19)/t11-,12+,13+/m0/s1. The zero-order valence-corrected chi connectivity index (χ0v) is 13.0. The number of hydrogen-bond acceptors (Lipinski definition) is 4. The number of benzene rings is 1. The predicted octanol–water partition coefficient (Wildman–Crippen LogP) is 3.06. The molecular weight excluding hydrogens is 284 g/mol. The molecule has 0 spiro atoms. The summed E-state index contributed by atoms with van der Waals surface area (Å²) in [6.45, 7) is 3.75. The summed E-state index contributed by atoms with van der Waals surface area (Å²) in [5.41, 5.74) is -0.131. The van der Waals surface area contributed by atoms with Crippen LogP contribution in [0.5, 0.6) is 5.75 Å². The second-order valence-corrected chi connectivity index (χ2v) is 5.86. The summed E-state index contributed by atoms with van der Waals surface area (Å²) in [5.74, 6) is 0.347. The fraction of sp³-hybridized carbons (Fsp3) is 0.562. The van der Waals surface area contributed by atoms with Gasteiger partial charge < -0.3 is 10.1 Å². The molecule has 22 heavy (non-hydrogen) atoms. The molecule has 1 aromatic carbocycles. The van der Waals surface area contributed by atoms with Gasteiger partial charge in [0, 0.05) is 12.1 Å². The maximum absolute atomic E-state index is 12.2. The highest BCUT2D eigenvalue weighted by Crippen LogP contribution is 2.27. The molecule has 3 atom stereocenters. The fourth-order valence-electron chi connectivity index (χ4n) is 2.78. The summed E-state index contributed by atoms with van der Waals surface area (Å²) in [6, 6.07) is 6.25. The van der Waals surface area contributed by atoms with Gasteiger partial charge in [0.05, 0.1) is 4.92 Å². The van der Waals surface area contributed by atoms with E-state index >= 15 is 0 Å². The summed E-state index contributed by atoms with van der Waals surface area (Å²) < 4.78 is 5.49. The summed E-state index contributed by atoms with van der Waals surface area (Å²) in [5, 5.41) is 14.0. The van der Waals surface area contributed by atoms with Crippen LogP contribution in [0.3, 0.4) is 0 Å². The number of rotatable bonds is 5. The van der Waals surface area contributed by atoms with Crippen molar-refractivity contribution < 1.29 is 14.5 Å². The van der Waals surface area contributed by atoms with Crippen molar-refractivity contribution >= 4 is 11.6 Å². The van der Waals surface area contributed by atoms with Crippen LogP contribution in [0.15, 0.2) is 24.3 Å². The summed E-state index contributed by atoms with van der Waals surface area (Å²) in [6.07, 6.45) is 3.65. The van der Waals surface area contributed by atoms with Gasteiger partial charge in [-0.05, 0) is 31.7 Å². The third-order valence-corrected chi connectivity index (χ3v) is 4.17. The van der Waals surface area contributed by atoms with Gasteiger partial charge in [0.1, 0.15) is 0 Å². The van der Waals surface area contributed by atoms with Crippen LogP contribution in [0.4, 0.5) is 5.69 Å². The molecule has 1 aliphatic rings. The topological polar surface area (TPSA) is 81.5 Å². The molecule has 1 aliphatic carbocycles. The van der Waals surface area contributed by atoms with E-state index in [0.29, 0.717) is 5.92 Å². The number of amides is 1. The lowest BCUT2D eigenvalue weighted by molar-refractivity contribution is -0.386. The molecule has 2 rings (SSSR count). The molecule has 0 aliphatic heterocycles. The van der Waals surface area contributed by atoms with E-state index in [4.69, 9.17) is 4.74 Å². The average molecular weight is 306 g/mol. The molecule has 6 heteroatoms. The van der Waals surface area contributed by atoms with Gasteiger partial charge in [-0.1, -0.05) is 31.9 Å². The molecule has 1 fully saturated rings. The van der Waals surface area contributed by atoms with Crippen molar-refractivity contribution in [2.45, 2.75) is 51.7 Å². The van der Waals surface area contributed by atoms with Crippen molar-refractivity contribution in [3.05, 3.63) is 34.4 Å². The number of nitro benzene ring substituents is 1. The van der Waals surface area contributed by atoms with Gasteiger partial charge in [0.2, 0.25) is 0 Å². The molecule has 1 saturated carbocycles. The van der Waals surface area contributed by atoms with Gasteiger partial charge in [-0.3, -0.25) is 14.9 Å². The Kier molecular flexibility index (Phi) is 5.35. The Bertz CT molecular complexity index is 547. The molecule has 1 amide bonds. The zero-order chi connectivity index (χ0) is 16.1. The van der Waals surface area contributed by atoms with Crippen LogP contribution in [0, 0.1) is 16.0 Å². The lowest BCUT2D eigenvalue weighted by Crippen LogP contribution is -2.46. The highest BCUT2D eigenvalue weighted by Gasteiger charge is 2.26. The van der Waals surface area contributed by atoms with Crippen molar-refractivity contribution in [3.63, 3.8) is 0 Å². The maximum Gasteiger partial charge on any atom is 0.310 e. The van der Waals surface area contributed by atoms with E-state index in [9.17, 15) is 14.9 Å². The number of ether oxygens (including phenoxy) is 1. The number of nitrogens with zero attached hydrogens (tertiary/aromatic N) is 1. The van der Waals surface area contributed by atoms with Crippen LogP contribution in [-0.2, 0) is 4.79 Å². The highest BCUT2D eigenvalue weighted by molar-refractivity contribution is 5.81. The summed E-state index contributed by atoms with van der Waals surface area (Å²) >= 11 is 0. The minimum atomic E-state index is -0.768. The predicted molar refractivity (Wildman–Crippen MR) is 82.7 cm³/mol. The average Bonchev–Trinajstić information content (AvgIpc) is 2.49. The van der Waals surface area contributed by atoms with E-state index in [2.05, 4.69) is 12.2 Å². The first-order valence-electron chi connectivity index (χ1n) is 7.69. The Labute approximate surface area is 130 Å². The number of para-hydroxylation sites is 2. The fourth-order valence-corrected chi connectivity index (χ4v) is 2.78. The van der Waals surface area contributed by atoms with Gasteiger partial charge in [0.15, 0.2) is 11.9 Å². The van der Waals surface area contributed by atoms with Crippen molar-refractivity contribution in [3.8, 4) is 5.75 Å². The Morgan fingerprint density at radius 3 is 2.73 bits per heavy atom. The Hall–Kier alpha value is -2.11. The smallest absolute Gasteiger partial charge is 0.310 e. The lowest BCUT2D eigenvalue weighted by atomic mass is 9.86. The quantitative estimate of drug-likeness (QED) is 0.669. The number of carbonyl (C=O) groups is 1. The largest absolute Gasteiger partial charge is 0.474 e. The normalized spacial score (nSPS) is 22.6. The van der Waals surface area contributed by atoms with Crippen LogP contribution < -0.4 is 10.1 Å². The van der Waals surface area contributed by atoms with Crippen LogP contribution in [0.1, 0.15) is 39.5 Å². The number of carbonyl (C=O) groups excluding carboxylic acids is 1. The third kappa shape index (κ3) is 3.96. The van der Waals surface area contributed by atoms with Gasteiger partial charge in [0.25, 0.3) is 5.91 Å². The van der Waals surface area contributed by atoms with E-state index < -0.39 is 11.0 Å². The van der Waals surface area contributed by atoms with Crippen molar-refractivity contribution in [2.75, 3.05) is 0 Å². The lowest BCUT2D eigenvalue weighted by Gasteiger charge is -2.30. The molecular formula is C16H22N2O4. The first-order chi connectivity index (χ1) is 10.5. The van der Waals surface area contributed by atoms with Gasteiger partial charge >= 0.3 is 5.69 Å². The SMILES string of the molecule is C[C@@H](Oc1ccccc1[N+](=O)[O-])C(=O)N[C@@H]1CCCC[C@@H]1C. The van der Waals surface area contributed by atoms with Gasteiger partial charge in [-0.2, -0.15) is 0 Å². The molecule has 0 heterocycles. The minimum absolute atomic E-state index is 0.117. The zero-order valence-electron chi connectivity index (χ0n) is 13.0. The Morgan fingerprint density at radius 2 is 2.05 bits per heavy atom. The van der Waals surface area contributed by atoms with Gasteiger partial charge in [-0.25, -0.2) is 0 Å². The second kappa shape index (κ2) is 7.24. The minimum Gasteiger partial charge on any atom is -0.474 e. The van der Waals surface area contributed by atoms with Crippen molar-refractivity contribution in [1.29, 1.82) is 0 Å². The summed E-state index contributed by atoms with van der Waals surface area (Å²) in [7, 11) is 0. The van der Waals surface area contributed by atoms with Crippen LogP contribution in [0.25, 0.3) is 0 Å². The second-order valence-electron chi connectivity index (χ2n) is 5.86. The molecule has 0 saturated heterocycles. The van der Waals surface area contributed by atoms with Crippen molar-refractivity contribution in [1.82, 2.24) is 5.32 Å². The molecule has 0 unspecified atom stereocenters. The number of nitrogens with one attached hydrogen (secondary N) is 1. The third-order valence-electron chi connectivity index (χ3n) is 4.17. The van der Waals surface area contributed by atoms with Crippen LogP contribution >= 0.6 is 0 Å². The Balaban J connectivity index is 1.98. The van der Waals surface area contributed by atoms with E-state index in [0.717, 1.165) is 19.3 Å². The van der Waals surface area contributed by atoms with E-state index in [1.165, 1.54) is 18.6 Å². The van der Waals surface area contributed by atoms with E-state index in [1.54, 1.807) is 19.1 Å². The van der Waals surface area contributed by atoms with Crippen LogP contribution in [-0.4, -0.2) is 23.0 Å². The Morgan fingerprint density at radius 1 is 1.36 bits per heavy atom. The first-order valence-corrected chi connectivity index (χ1v) is 7.69. The number of nitro groups is 1. The molecule has 0 bridgehead atoms. The van der Waals surface area contributed by atoms with Crippen LogP contribution in [0.2, 0.25) is 0 Å². The highest BCUT2D eigenvalue weighted by atomic mass is 16.6. The molecule has 0 radical (unpaired) electrons. The molecule has 1 aromatic rings. The van der Waals surface area contributed by atoms with E-state index in [-0.39, 0.29) is 23.4 Å². The van der Waals surface area contributed by atoms with Crippen molar-refractivity contribution in [2.24, 2.45) is 5.92 Å².